The van der Waals surface area contributed by atoms with Crippen molar-refractivity contribution >= 4 is 11.8 Å². The van der Waals surface area contributed by atoms with Gasteiger partial charge in [0.1, 0.15) is 0 Å². The van der Waals surface area contributed by atoms with Gasteiger partial charge in [0.15, 0.2) is 11.6 Å². The fourth-order valence-electron chi connectivity index (χ4n) is 3.47. The first-order chi connectivity index (χ1) is 11.6. The van der Waals surface area contributed by atoms with Gasteiger partial charge in [-0.3, -0.25) is 0 Å². The average molecular weight is 329 g/mol. The normalized spacial score (nSPS) is 26.2. The number of nitrogens with zero attached hydrogens (tertiary/aromatic N) is 4. The highest BCUT2D eigenvalue weighted by molar-refractivity contribution is 5.38. The van der Waals surface area contributed by atoms with Crippen LogP contribution in [-0.4, -0.2) is 46.3 Å². The molecule has 2 atom stereocenters. The zero-order valence-corrected chi connectivity index (χ0v) is 13.6. The zero-order chi connectivity index (χ0) is 16.6. The highest BCUT2D eigenvalue weighted by Gasteiger charge is 2.46. The topological polar surface area (TPSA) is 63.2 Å². The smallest absolute Gasteiger partial charge is 0.225 e. The summed E-state index contributed by atoms with van der Waals surface area (Å²) in [6.07, 6.45) is 7.00. The maximum atomic E-state index is 13.7. The van der Waals surface area contributed by atoms with Crippen molar-refractivity contribution in [2.45, 2.75) is 31.4 Å². The second kappa shape index (κ2) is 5.98. The number of rotatable bonds is 3. The molecule has 0 radical (unpaired) electrons. The fourth-order valence-corrected chi connectivity index (χ4v) is 3.47. The van der Waals surface area contributed by atoms with Crippen molar-refractivity contribution < 1.29 is 9.13 Å². The van der Waals surface area contributed by atoms with E-state index in [4.69, 9.17) is 4.74 Å². The third-order valence-corrected chi connectivity index (χ3v) is 4.67. The van der Waals surface area contributed by atoms with Crippen molar-refractivity contribution in [2.75, 3.05) is 29.9 Å². The standard InChI is InChI=1S/C17H20FN5O/c1-12-8-20-16(21-9-12)23-6-4-17(11-23)7-13(10-24-17)22-15-14(18)3-2-5-19-15/h2-3,5,8-9,13H,4,6-7,10-11H2,1H3,(H,19,22)/t13-,17-/m1/s1. The maximum Gasteiger partial charge on any atom is 0.225 e. The van der Waals surface area contributed by atoms with Crippen LogP contribution in [0.2, 0.25) is 0 Å². The van der Waals surface area contributed by atoms with Gasteiger partial charge < -0.3 is 15.0 Å². The summed E-state index contributed by atoms with van der Waals surface area (Å²) in [6.45, 7) is 4.16. The third kappa shape index (κ3) is 2.91. The van der Waals surface area contributed by atoms with Crippen LogP contribution in [0.15, 0.2) is 30.7 Å². The molecular formula is C17H20FN5O. The van der Waals surface area contributed by atoms with Crippen LogP contribution in [0.4, 0.5) is 16.2 Å². The molecule has 0 aromatic carbocycles. The van der Waals surface area contributed by atoms with Crippen LogP contribution in [0.5, 0.6) is 0 Å². The second-order valence-electron chi connectivity index (χ2n) is 6.61. The molecule has 2 aromatic rings. The summed E-state index contributed by atoms with van der Waals surface area (Å²) in [5.41, 5.74) is 0.836. The van der Waals surface area contributed by atoms with E-state index in [0.717, 1.165) is 37.4 Å². The molecular weight excluding hydrogens is 309 g/mol. The van der Waals surface area contributed by atoms with Crippen LogP contribution in [0.3, 0.4) is 0 Å². The summed E-state index contributed by atoms with van der Waals surface area (Å²) >= 11 is 0. The molecule has 2 aliphatic rings. The molecule has 0 bridgehead atoms. The molecule has 6 nitrogen and oxygen atoms in total. The van der Waals surface area contributed by atoms with Gasteiger partial charge in [0.25, 0.3) is 0 Å². The molecule has 2 aromatic heterocycles. The lowest BCUT2D eigenvalue weighted by molar-refractivity contribution is 0.0228. The van der Waals surface area contributed by atoms with Crippen molar-refractivity contribution in [2.24, 2.45) is 0 Å². The minimum atomic E-state index is -0.334. The Labute approximate surface area is 140 Å². The number of nitrogens with one attached hydrogen (secondary N) is 1. The largest absolute Gasteiger partial charge is 0.371 e. The molecule has 0 amide bonds. The lowest BCUT2D eigenvalue weighted by Crippen LogP contribution is -2.34. The Morgan fingerprint density at radius 1 is 1.33 bits per heavy atom. The Morgan fingerprint density at radius 3 is 2.96 bits per heavy atom. The number of pyridine rings is 1. The van der Waals surface area contributed by atoms with Gasteiger partial charge in [0.2, 0.25) is 5.95 Å². The van der Waals surface area contributed by atoms with Gasteiger partial charge in [-0.1, -0.05) is 0 Å². The molecule has 24 heavy (non-hydrogen) atoms. The summed E-state index contributed by atoms with van der Waals surface area (Å²) in [6, 6.07) is 3.06. The Morgan fingerprint density at radius 2 is 2.17 bits per heavy atom. The van der Waals surface area contributed by atoms with Crippen LogP contribution >= 0.6 is 0 Å². The molecule has 7 heteroatoms. The van der Waals surface area contributed by atoms with Crippen molar-refractivity contribution in [3.63, 3.8) is 0 Å². The second-order valence-corrected chi connectivity index (χ2v) is 6.61. The molecule has 4 heterocycles. The van der Waals surface area contributed by atoms with Crippen molar-refractivity contribution in [1.82, 2.24) is 15.0 Å². The maximum absolute atomic E-state index is 13.7. The van der Waals surface area contributed by atoms with Crippen LogP contribution < -0.4 is 10.2 Å². The van der Waals surface area contributed by atoms with E-state index < -0.39 is 0 Å². The third-order valence-electron chi connectivity index (χ3n) is 4.67. The quantitative estimate of drug-likeness (QED) is 0.931. The number of anilines is 2. The number of hydrogen-bond acceptors (Lipinski definition) is 6. The Balaban J connectivity index is 1.41. The highest BCUT2D eigenvalue weighted by atomic mass is 19.1. The molecule has 1 N–H and O–H groups in total. The van der Waals surface area contributed by atoms with Crippen LogP contribution in [0.1, 0.15) is 18.4 Å². The van der Waals surface area contributed by atoms with Gasteiger partial charge in [0, 0.05) is 31.6 Å². The average Bonchev–Trinajstić information content (AvgIpc) is 3.18. The van der Waals surface area contributed by atoms with Gasteiger partial charge in [-0.15, -0.1) is 0 Å². The summed E-state index contributed by atoms with van der Waals surface area (Å²) in [5.74, 6) is 0.702. The fraction of sp³-hybridized carbons (Fsp3) is 0.471. The van der Waals surface area contributed by atoms with E-state index in [1.807, 2.05) is 19.3 Å². The molecule has 0 saturated carbocycles. The highest BCUT2D eigenvalue weighted by Crippen LogP contribution is 2.37. The molecule has 1 spiro atoms. The number of halogens is 1. The van der Waals surface area contributed by atoms with Gasteiger partial charge in [-0.05, 0) is 31.0 Å². The monoisotopic (exact) mass is 329 g/mol. The van der Waals surface area contributed by atoms with Crippen LogP contribution in [-0.2, 0) is 4.74 Å². The lowest BCUT2D eigenvalue weighted by Gasteiger charge is -2.23. The minimum absolute atomic E-state index is 0.0632. The van der Waals surface area contributed by atoms with Gasteiger partial charge in [0.05, 0.1) is 24.8 Å². The van der Waals surface area contributed by atoms with E-state index in [-0.39, 0.29) is 17.5 Å². The Kier molecular flexibility index (Phi) is 3.80. The first-order valence-corrected chi connectivity index (χ1v) is 8.18. The number of ether oxygens (including phenoxy) is 1. The molecule has 4 rings (SSSR count). The lowest BCUT2D eigenvalue weighted by atomic mass is 9.97. The predicted molar refractivity (Wildman–Crippen MR) is 88.5 cm³/mol. The Hall–Kier alpha value is -2.28. The molecule has 0 aliphatic carbocycles. The molecule has 2 saturated heterocycles. The van der Waals surface area contributed by atoms with Crippen LogP contribution in [0, 0.1) is 12.7 Å². The van der Waals surface area contributed by atoms with Crippen LogP contribution in [0.25, 0.3) is 0 Å². The number of aromatic nitrogens is 3. The molecule has 2 fully saturated rings. The zero-order valence-electron chi connectivity index (χ0n) is 13.6. The Bertz CT molecular complexity index is 725. The van der Waals surface area contributed by atoms with E-state index in [9.17, 15) is 4.39 Å². The van der Waals surface area contributed by atoms with Gasteiger partial charge >= 0.3 is 0 Å². The summed E-state index contributed by atoms with van der Waals surface area (Å²) in [7, 11) is 0. The summed E-state index contributed by atoms with van der Waals surface area (Å²) in [5, 5.41) is 3.16. The van der Waals surface area contributed by atoms with E-state index in [0.29, 0.717) is 12.4 Å². The minimum Gasteiger partial charge on any atom is -0.371 e. The van der Waals surface area contributed by atoms with Crippen molar-refractivity contribution in [3.05, 3.63) is 42.1 Å². The summed E-state index contributed by atoms with van der Waals surface area (Å²) < 4.78 is 19.8. The molecule has 0 unspecified atom stereocenters. The predicted octanol–water partition coefficient (Wildman–Crippen LogP) is 2.17. The van der Waals surface area contributed by atoms with Gasteiger partial charge in [-0.2, -0.15) is 0 Å². The first-order valence-electron chi connectivity index (χ1n) is 8.18. The van der Waals surface area contributed by atoms with E-state index >= 15 is 0 Å². The van der Waals surface area contributed by atoms with E-state index in [2.05, 4.69) is 25.2 Å². The number of aryl methyl sites for hydroxylation is 1. The van der Waals surface area contributed by atoms with E-state index in [1.165, 1.54) is 6.07 Å². The number of hydrogen-bond donors (Lipinski definition) is 1. The SMILES string of the molecule is Cc1cnc(N2CC[C@@]3(C[C@@H](Nc4ncccc4F)CO3)C2)nc1. The van der Waals surface area contributed by atoms with Gasteiger partial charge in [-0.25, -0.2) is 19.3 Å². The molecule has 2 aliphatic heterocycles. The van der Waals surface area contributed by atoms with E-state index in [1.54, 1.807) is 12.3 Å². The summed E-state index contributed by atoms with van der Waals surface area (Å²) in [4.78, 5) is 15.0. The first kappa shape index (κ1) is 15.3. The molecule has 126 valence electrons. The van der Waals surface area contributed by atoms with Crippen molar-refractivity contribution in [1.29, 1.82) is 0 Å². The van der Waals surface area contributed by atoms with Crippen molar-refractivity contribution in [3.8, 4) is 0 Å².